The lowest BCUT2D eigenvalue weighted by molar-refractivity contribution is -0.121. The van der Waals surface area contributed by atoms with Crippen LogP contribution in [0.2, 0.25) is 0 Å². The minimum Gasteiger partial charge on any atom is -0.497 e. The molecule has 42 heavy (non-hydrogen) atoms. The van der Waals surface area contributed by atoms with Gasteiger partial charge in [-0.25, -0.2) is 4.98 Å². The van der Waals surface area contributed by atoms with Gasteiger partial charge in [0.25, 0.3) is 5.56 Å². The van der Waals surface area contributed by atoms with E-state index in [2.05, 4.69) is 15.6 Å². The summed E-state index contributed by atoms with van der Waals surface area (Å²) in [5.41, 5.74) is 1.52. The maximum absolute atomic E-state index is 13.6. The molecule has 3 aromatic carbocycles. The zero-order valence-electron chi connectivity index (χ0n) is 22.5. The maximum atomic E-state index is 13.6. The summed E-state index contributed by atoms with van der Waals surface area (Å²) >= 11 is 1.10. The largest absolute Gasteiger partial charge is 0.497 e. The Balaban J connectivity index is 1.17. The molecule has 216 valence electrons. The number of rotatable bonds is 10. The van der Waals surface area contributed by atoms with E-state index >= 15 is 0 Å². The molecule has 0 atom stereocenters. The molecule has 6 rings (SSSR count). The number of anilines is 1. The van der Waals surface area contributed by atoms with Crippen LogP contribution in [-0.2, 0) is 22.7 Å². The van der Waals surface area contributed by atoms with Crippen molar-refractivity contribution in [1.29, 1.82) is 0 Å². The van der Waals surface area contributed by atoms with Gasteiger partial charge in [-0.05, 0) is 48.0 Å². The number of methoxy groups -OCH3 is 1. The number of carbonyl (C=O) groups is 2. The van der Waals surface area contributed by atoms with Gasteiger partial charge in [0.15, 0.2) is 28.2 Å². The highest BCUT2D eigenvalue weighted by molar-refractivity contribution is 7.99. The molecule has 3 heterocycles. The van der Waals surface area contributed by atoms with Crippen LogP contribution in [-0.4, -0.2) is 47.8 Å². The molecule has 13 heteroatoms. The number of amides is 2. The van der Waals surface area contributed by atoms with Crippen molar-refractivity contribution in [3.8, 4) is 28.7 Å². The fourth-order valence-electron chi connectivity index (χ4n) is 4.45. The van der Waals surface area contributed by atoms with Crippen LogP contribution in [0.15, 0.2) is 64.5 Å². The summed E-state index contributed by atoms with van der Waals surface area (Å²) in [5, 5.41) is 6.32. The third-order valence-corrected chi connectivity index (χ3v) is 7.59. The molecule has 0 spiro atoms. The van der Waals surface area contributed by atoms with E-state index in [9.17, 15) is 14.4 Å². The predicted octanol–water partition coefficient (Wildman–Crippen LogP) is 3.30. The Morgan fingerprint density at radius 2 is 1.64 bits per heavy atom. The summed E-state index contributed by atoms with van der Waals surface area (Å²) in [5.74, 6) is 2.37. The van der Waals surface area contributed by atoms with Crippen molar-refractivity contribution in [3.63, 3.8) is 0 Å². The Kier molecular flexibility index (Phi) is 7.73. The van der Waals surface area contributed by atoms with E-state index in [1.807, 2.05) is 12.1 Å². The van der Waals surface area contributed by atoms with Crippen LogP contribution in [0.25, 0.3) is 10.9 Å². The molecule has 0 radical (unpaired) electrons. The number of nitrogens with one attached hydrogen (secondary N) is 2. The van der Waals surface area contributed by atoms with Gasteiger partial charge in [-0.3, -0.25) is 19.0 Å². The molecule has 0 unspecified atom stereocenters. The van der Waals surface area contributed by atoms with Gasteiger partial charge in [0, 0.05) is 31.3 Å². The first-order valence-corrected chi connectivity index (χ1v) is 14.0. The zero-order valence-corrected chi connectivity index (χ0v) is 23.3. The summed E-state index contributed by atoms with van der Waals surface area (Å²) in [7, 11) is 1.57. The molecule has 0 saturated heterocycles. The number of fused-ring (bicyclic) bond motifs is 3. The van der Waals surface area contributed by atoms with E-state index in [4.69, 9.17) is 23.7 Å². The molecule has 2 amide bonds. The molecule has 2 N–H and O–H groups in total. The SMILES string of the molecule is COc1ccc(NC(=O)CSc2nc3cc4c(cc3c(=O)n2CCC(=O)NCc2ccc3c(c2)OCO3)OCO4)cc1. The van der Waals surface area contributed by atoms with Crippen molar-refractivity contribution < 1.29 is 33.3 Å². The lowest BCUT2D eigenvalue weighted by Crippen LogP contribution is -2.29. The summed E-state index contributed by atoms with van der Waals surface area (Å²) in [6.07, 6.45) is 0.0216. The number of ether oxygens (including phenoxy) is 5. The normalized spacial score (nSPS) is 12.8. The van der Waals surface area contributed by atoms with Gasteiger partial charge < -0.3 is 34.3 Å². The molecular weight excluding hydrogens is 564 g/mol. The lowest BCUT2D eigenvalue weighted by Gasteiger charge is -2.14. The molecule has 0 bridgehead atoms. The summed E-state index contributed by atoms with van der Waals surface area (Å²) in [6.45, 7) is 0.574. The number of nitrogens with zero attached hydrogens (tertiary/aromatic N) is 2. The topological polar surface area (TPSA) is 139 Å². The highest BCUT2D eigenvalue weighted by atomic mass is 32.2. The van der Waals surface area contributed by atoms with Crippen LogP contribution in [0.4, 0.5) is 5.69 Å². The average molecular weight is 591 g/mol. The number of hydrogen-bond acceptors (Lipinski definition) is 10. The second-order valence-corrected chi connectivity index (χ2v) is 10.3. The van der Waals surface area contributed by atoms with Crippen LogP contribution in [0.1, 0.15) is 12.0 Å². The van der Waals surface area contributed by atoms with Gasteiger partial charge in [0.2, 0.25) is 25.4 Å². The third kappa shape index (κ3) is 5.91. The van der Waals surface area contributed by atoms with E-state index in [1.165, 1.54) is 4.57 Å². The highest BCUT2D eigenvalue weighted by Gasteiger charge is 2.20. The number of thioether (sulfide) groups is 1. The smallest absolute Gasteiger partial charge is 0.262 e. The first-order chi connectivity index (χ1) is 20.5. The van der Waals surface area contributed by atoms with Crippen LogP contribution in [0.5, 0.6) is 28.7 Å². The van der Waals surface area contributed by atoms with E-state index in [1.54, 1.807) is 49.6 Å². The molecule has 12 nitrogen and oxygen atoms in total. The molecule has 0 fully saturated rings. The Morgan fingerprint density at radius 3 is 2.40 bits per heavy atom. The van der Waals surface area contributed by atoms with Gasteiger partial charge in [-0.1, -0.05) is 17.8 Å². The minimum absolute atomic E-state index is 0.00909. The molecular formula is C29H26N4O8S. The van der Waals surface area contributed by atoms with Gasteiger partial charge in [-0.15, -0.1) is 0 Å². The number of benzene rings is 3. The Morgan fingerprint density at radius 1 is 0.929 bits per heavy atom. The number of aromatic nitrogens is 2. The fourth-order valence-corrected chi connectivity index (χ4v) is 5.28. The van der Waals surface area contributed by atoms with Gasteiger partial charge >= 0.3 is 0 Å². The Labute approximate surface area is 243 Å². The van der Waals surface area contributed by atoms with Crippen LogP contribution < -0.4 is 39.9 Å². The van der Waals surface area contributed by atoms with Crippen molar-refractivity contribution >= 4 is 40.2 Å². The highest BCUT2D eigenvalue weighted by Crippen LogP contribution is 2.35. The molecule has 0 aliphatic carbocycles. The Hall–Kier alpha value is -4.91. The van der Waals surface area contributed by atoms with E-state index in [0.29, 0.717) is 50.5 Å². The van der Waals surface area contributed by atoms with Gasteiger partial charge in [0.05, 0.1) is 23.8 Å². The minimum atomic E-state index is -0.347. The van der Waals surface area contributed by atoms with Crippen LogP contribution >= 0.6 is 11.8 Å². The second-order valence-electron chi connectivity index (χ2n) is 9.35. The first kappa shape index (κ1) is 27.3. The molecule has 1 aromatic heterocycles. The quantitative estimate of drug-likeness (QED) is 0.209. The van der Waals surface area contributed by atoms with Crippen molar-refractivity contribution in [3.05, 3.63) is 70.5 Å². The molecule has 4 aromatic rings. The molecule has 2 aliphatic rings. The average Bonchev–Trinajstić information content (AvgIpc) is 3.67. The van der Waals surface area contributed by atoms with Crippen LogP contribution in [0.3, 0.4) is 0 Å². The summed E-state index contributed by atoms with van der Waals surface area (Å²) in [6, 6.07) is 15.6. The number of hydrogen-bond donors (Lipinski definition) is 2. The van der Waals surface area contributed by atoms with Gasteiger partial charge in [-0.2, -0.15) is 0 Å². The summed E-state index contributed by atoms with van der Waals surface area (Å²) < 4.78 is 28.2. The standard InChI is InChI=1S/C29H26N4O8S/c1-37-19-5-3-18(4-6-19)31-27(35)14-42-29-32-21-12-25-24(40-16-41-25)11-20(21)28(36)33(29)9-8-26(34)30-13-17-2-7-22-23(10-17)39-15-38-22/h2-7,10-12H,8-9,13-16H2,1H3,(H,30,34)(H,31,35). The molecule has 2 aliphatic heterocycles. The number of carbonyl (C=O) groups excluding carboxylic acids is 2. The van der Waals surface area contributed by atoms with E-state index in [-0.39, 0.29) is 56.2 Å². The van der Waals surface area contributed by atoms with Crippen molar-refractivity contribution in [2.75, 3.05) is 31.8 Å². The van der Waals surface area contributed by atoms with E-state index in [0.717, 1.165) is 17.3 Å². The second kappa shape index (κ2) is 11.9. The Bertz CT molecular complexity index is 1720. The predicted molar refractivity (Wildman–Crippen MR) is 154 cm³/mol. The van der Waals surface area contributed by atoms with Crippen molar-refractivity contribution in [1.82, 2.24) is 14.9 Å². The fraction of sp³-hybridized carbons (Fsp3) is 0.241. The van der Waals surface area contributed by atoms with Crippen molar-refractivity contribution in [2.45, 2.75) is 24.7 Å². The van der Waals surface area contributed by atoms with E-state index < -0.39 is 0 Å². The van der Waals surface area contributed by atoms with Crippen molar-refractivity contribution in [2.24, 2.45) is 0 Å². The third-order valence-electron chi connectivity index (χ3n) is 6.61. The van der Waals surface area contributed by atoms with Gasteiger partial charge in [0.1, 0.15) is 5.75 Å². The zero-order chi connectivity index (χ0) is 29.1. The first-order valence-electron chi connectivity index (χ1n) is 13.0. The monoisotopic (exact) mass is 590 g/mol. The molecule has 0 saturated carbocycles. The lowest BCUT2D eigenvalue weighted by atomic mass is 10.2. The maximum Gasteiger partial charge on any atom is 0.262 e. The van der Waals surface area contributed by atoms with Crippen LogP contribution in [0, 0.1) is 0 Å². The summed E-state index contributed by atoms with van der Waals surface area (Å²) in [4.78, 5) is 43.7.